The van der Waals surface area contributed by atoms with Crippen LogP contribution in [0.1, 0.15) is 42.4 Å². The number of rotatable bonds is 2. The number of phenolic OH excluding ortho intramolecular Hbond substituents is 1. The minimum absolute atomic E-state index is 0.292. The molecule has 0 aromatic heterocycles. The molecule has 0 fully saturated rings. The van der Waals surface area contributed by atoms with Gasteiger partial charge in [0, 0.05) is 5.54 Å². The van der Waals surface area contributed by atoms with E-state index in [1.54, 1.807) is 12.1 Å². The number of benzene rings is 2. The SMILES string of the molecule is CC1CCC(N)(Cc2ccc(O)cc2)c2ccccc21. The molecule has 2 atom stereocenters. The molecule has 2 nitrogen and oxygen atoms in total. The molecular weight excluding hydrogens is 246 g/mol. The fraction of sp³-hybridized carbons (Fsp3) is 0.333. The number of phenols is 1. The molecule has 0 amide bonds. The Labute approximate surface area is 120 Å². The molecule has 0 saturated heterocycles. The Morgan fingerprint density at radius 3 is 2.60 bits per heavy atom. The standard InChI is InChI=1S/C18H21NO/c1-13-10-11-18(19,17-5-3-2-4-16(13)17)12-14-6-8-15(20)9-7-14/h2-9,13,20H,10-12,19H2,1H3. The van der Waals surface area contributed by atoms with Crippen LogP contribution in [-0.2, 0) is 12.0 Å². The summed E-state index contributed by atoms with van der Waals surface area (Å²) in [6, 6.07) is 15.9. The van der Waals surface area contributed by atoms with Crippen molar-refractivity contribution in [1.82, 2.24) is 0 Å². The van der Waals surface area contributed by atoms with Crippen LogP contribution in [-0.4, -0.2) is 5.11 Å². The summed E-state index contributed by atoms with van der Waals surface area (Å²) in [4.78, 5) is 0. The molecular formula is C18H21NO. The average Bonchev–Trinajstić information content (AvgIpc) is 2.46. The third-order valence-corrected chi connectivity index (χ3v) is 4.51. The number of hydrogen-bond acceptors (Lipinski definition) is 2. The van der Waals surface area contributed by atoms with Crippen molar-refractivity contribution in [3.63, 3.8) is 0 Å². The highest BCUT2D eigenvalue weighted by atomic mass is 16.3. The van der Waals surface area contributed by atoms with E-state index in [9.17, 15) is 5.11 Å². The van der Waals surface area contributed by atoms with Crippen LogP contribution in [0, 0.1) is 0 Å². The molecule has 0 saturated carbocycles. The first-order valence-electron chi connectivity index (χ1n) is 7.25. The van der Waals surface area contributed by atoms with Crippen LogP contribution < -0.4 is 5.73 Å². The number of hydrogen-bond donors (Lipinski definition) is 2. The molecule has 0 heterocycles. The van der Waals surface area contributed by atoms with Gasteiger partial charge in [-0.15, -0.1) is 0 Å². The van der Waals surface area contributed by atoms with Crippen LogP contribution in [0.15, 0.2) is 48.5 Å². The van der Waals surface area contributed by atoms with E-state index in [-0.39, 0.29) is 5.54 Å². The Kier molecular flexibility index (Phi) is 3.27. The van der Waals surface area contributed by atoms with Crippen molar-refractivity contribution in [2.75, 3.05) is 0 Å². The van der Waals surface area contributed by atoms with Gasteiger partial charge >= 0.3 is 0 Å². The van der Waals surface area contributed by atoms with Crippen molar-refractivity contribution >= 4 is 0 Å². The first kappa shape index (κ1) is 13.2. The molecule has 2 aromatic rings. The van der Waals surface area contributed by atoms with Crippen molar-refractivity contribution in [3.8, 4) is 5.75 Å². The molecule has 3 N–H and O–H groups in total. The van der Waals surface area contributed by atoms with Gasteiger partial charge in [-0.3, -0.25) is 0 Å². The fourth-order valence-corrected chi connectivity index (χ4v) is 3.31. The van der Waals surface area contributed by atoms with E-state index in [1.807, 2.05) is 12.1 Å². The number of aromatic hydroxyl groups is 1. The minimum Gasteiger partial charge on any atom is -0.508 e. The van der Waals surface area contributed by atoms with Crippen molar-refractivity contribution in [3.05, 3.63) is 65.2 Å². The minimum atomic E-state index is -0.292. The lowest BCUT2D eigenvalue weighted by atomic mass is 9.70. The molecule has 3 rings (SSSR count). The van der Waals surface area contributed by atoms with Crippen molar-refractivity contribution in [2.45, 2.75) is 37.6 Å². The molecule has 2 heteroatoms. The van der Waals surface area contributed by atoms with Gasteiger partial charge in [-0.25, -0.2) is 0 Å². The van der Waals surface area contributed by atoms with E-state index >= 15 is 0 Å². The Hall–Kier alpha value is -1.80. The summed E-state index contributed by atoms with van der Waals surface area (Å²) >= 11 is 0. The third kappa shape index (κ3) is 2.32. The van der Waals surface area contributed by atoms with Gasteiger partial charge in [-0.1, -0.05) is 43.3 Å². The molecule has 20 heavy (non-hydrogen) atoms. The van der Waals surface area contributed by atoms with Crippen LogP contribution >= 0.6 is 0 Å². The zero-order chi connectivity index (χ0) is 14.2. The van der Waals surface area contributed by atoms with Gasteiger partial charge in [0.1, 0.15) is 5.75 Å². The van der Waals surface area contributed by atoms with Crippen LogP contribution in [0.4, 0.5) is 0 Å². The Morgan fingerprint density at radius 2 is 1.85 bits per heavy atom. The Balaban J connectivity index is 1.96. The van der Waals surface area contributed by atoms with E-state index in [0.29, 0.717) is 11.7 Å². The smallest absolute Gasteiger partial charge is 0.115 e. The maximum atomic E-state index is 9.39. The summed E-state index contributed by atoms with van der Waals surface area (Å²) in [6.45, 7) is 2.28. The normalized spacial score (nSPS) is 25.2. The lowest BCUT2D eigenvalue weighted by Gasteiger charge is -2.38. The monoisotopic (exact) mass is 267 g/mol. The summed E-state index contributed by atoms with van der Waals surface area (Å²) in [5, 5.41) is 9.39. The lowest BCUT2D eigenvalue weighted by molar-refractivity contribution is 0.348. The van der Waals surface area contributed by atoms with Crippen molar-refractivity contribution in [2.24, 2.45) is 5.73 Å². The Morgan fingerprint density at radius 1 is 1.15 bits per heavy atom. The first-order chi connectivity index (χ1) is 9.58. The zero-order valence-electron chi connectivity index (χ0n) is 11.8. The van der Waals surface area contributed by atoms with Gasteiger partial charge in [0.25, 0.3) is 0 Å². The molecule has 1 aliphatic rings. The summed E-state index contributed by atoms with van der Waals surface area (Å²) in [5.74, 6) is 0.889. The molecule has 2 aromatic carbocycles. The quantitative estimate of drug-likeness (QED) is 0.871. The summed E-state index contributed by atoms with van der Waals surface area (Å²) in [7, 11) is 0. The molecule has 0 aliphatic heterocycles. The maximum Gasteiger partial charge on any atom is 0.115 e. The van der Waals surface area contributed by atoms with Gasteiger partial charge in [-0.05, 0) is 54.0 Å². The van der Waals surface area contributed by atoms with E-state index in [2.05, 4.69) is 31.2 Å². The lowest BCUT2D eigenvalue weighted by Crippen LogP contribution is -2.42. The van der Waals surface area contributed by atoms with Crippen molar-refractivity contribution < 1.29 is 5.11 Å². The summed E-state index contributed by atoms with van der Waals surface area (Å²) in [6.07, 6.45) is 2.95. The second-order valence-electron chi connectivity index (χ2n) is 6.03. The van der Waals surface area contributed by atoms with Crippen LogP contribution in [0.2, 0.25) is 0 Å². The van der Waals surface area contributed by atoms with Gasteiger partial charge in [0.15, 0.2) is 0 Å². The van der Waals surface area contributed by atoms with E-state index in [4.69, 9.17) is 5.73 Å². The predicted octanol–water partition coefficient (Wildman–Crippen LogP) is 3.69. The van der Waals surface area contributed by atoms with Gasteiger partial charge in [-0.2, -0.15) is 0 Å². The molecule has 0 bridgehead atoms. The predicted molar refractivity (Wildman–Crippen MR) is 81.8 cm³/mol. The summed E-state index contributed by atoms with van der Waals surface area (Å²) in [5.41, 5.74) is 10.3. The largest absolute Gasteiger partial charge is 0.508 e. The van der Waals surface area contributed by atoms with Gasteiger partial charge in [0.2, 0.25) is 0 Å². The van der Waals surface area contributed by atoms with E-state index in [1.165, 1.54) is 16.7 Å². The zero-order valence-corrected chi connectivity index (χ0v) is 11.8. The second kappa shape index (κ2) is 4.95. The van der Waals surface area contributed by atoms with Gasteiger partial charge < -0.3 is 10.8 Å². The highest BCUT2D eigenvalue weighted by Gasteiger charge is 2.35. The van der Waals surface area contributed by atoms with Gasteiger partial charge in [0.05, 0.1) is 0 Å². The maximum absolute atomic E-state index is 9.39. The van der Waals surface area contributed by atoms with Crippen LogP contribution in [0.25, 0.3) is 0 Å². The average molecular weight is 267 g/mol. The number of nitrogens with two attached hydrogens (primary N) is 1. The van der Waals surface area contributed by atoms with E-state index < -0.39 is 0 Å². The third-order valence-electron chi connectivity index (χ3n) is 4.51. The Bertz CT molecular complexity index is 605. The molecule has 0 spiro atoms. The highest BCUT2D eigenvalue weighted by Crippen LogP contribution is 2.41. The van der Waals surface area contributed by atoms with Crippen molar-refractivity contribution in [1.29, 1.82) is 0 Å². The van der Waals surface area contributed by atoms with Crippen LogP contribution in [0.5, 0.6) is 5.75 Å². The second-order valence-corrected chi connectivity index (χ2v) is 6.03. The summed E-state index contributed by atoms with van der Waals surface area (Å²) < 4.78 is 0. The molecule has 0 radical (unpaired) electrons. The molecule has 104 valence electrons. The molecule has 2 unspecified atom stereocenters. The fourth-order valence-electron chi connectivity index (χ4n) is 3.31. The van der Waals surface area contributed by atoms with Crippen LogP contribution in [0.3, 0.4) is 0 Å². The van der Waals surface area contributed by atoms with E-state index in [0.717, 1.165) is 19.3 Å². The topological polar surface area (TPSA) is 46.2 Å². The highest BCUT2D eigenvalue weighted by molar-refractivity contribution is 5.40. The first-order valence-corrected chi connectivity index (χ1v) is 7.25. The number of fused-ring (bicyclic) bond motifs is 1. The molecule has 1 aliphatic carbocycles.